The summed E-state index contributed by atoms with van der Waals surface area (Å²) in [6, 6.07) is 0.962. The quantitative estimate of drug-likeness (QED) is 0.698. The summed E-state index contributed by atoms with van der Waals surface area (Å²) in [6.45, 7) is 9.98. The third-order valence-electron chi connectivity index (χ3n) is 4.94. The predicted molar refractivity (Wildman–Crippen MR) is 70.6 cm³/mol. The second-order valence-electron chi connectivity index (χ2n) is 6.32. The van der Waals surface area contributed by atoms with Crippen molar-refractivity contribution in [1.29, 1.82) is 0 Å². The van der Waals surface area contributed by atoms with Gasteiger partial charge in [-0.15, -0.1) is 0 Å². The third kappa shape index (κ3) is 2.61. The van der Waals surface area contributed by atoms with E-state index in [-0.39, 0.29) is 0 Å². The Kier molecular flexibility index (Phi) is 4.29. The van der Waals surface area contributed by atoms with E-state index in [2.05, 4.69) is 25.7 Å². The predicted octanol–water partition coefficient (Wildman–Crippen LogP) is 3.93. The summed E-state index contributed by atoms with van der Waals surface area (Å²) >= 11 is 0. The molecule has 0 bridgehead atoms. The zero-order valence-corrected chi connectivity index (χ0v) is 11.4. The van der Waals surface area contributed by atoms with Crippen LogP contribution in [0.25, 0.3) is 0 Å². The van der Waals surface area contributed by atoms with Crippen LogP contribution in [0.3, 0.4) is 0 Å². The zero-order valence-electron chi connectivity index (χ0n) is 11.4. The second-order valence-corrected chi connectivity index (χ2v) is 6.32. The molecule has 16 heavy (non-hydrogen) atoms. The van der Waals surface area contributed by atoms with Gasteiger partial charge in [-0.25, -0.2) is 0 Å². The lowest BCUT2D eigenvalue weighted by molar-refractivity contribution is 0.0271. The fraction of sp³-hybridized carbons (Fsp3) is 1.00. The topological polar surface area (TPSA) is 3.24 Å². The van der Waals surface area contributed by atoms with Crippen molar-refractivity contribution < 1.29 is 0 Å². The molecule has 1 aliphatic carbocycles. The molecule has 1 heteroatoms. The highest BCUT2D eigenvalue weighted by atomic mass is 15.2. The molecule has 0 aromatic heterocycles. The molecule has 2 fully saturated rings. The van der Waals surface area contributed by atoms with Crippen LogP contribution in [0.1, 0.15) is 59.3 Å². The van der Waals surface area contributed by atoms with E-state index in [1.54, 1.807) is 0 Å². The lowest BCUT2D eigenvalue weighted by atomic mass is 9.75. The summed E-state index contributed by atoms with van der Waals surface area (Å²) in [5, 5.41) is 0. The molecule has 2 rings (SSSR count). The van der Waals surface area contributed by atoms with Crippen LogP contribution < -0.4 is 0 Å². The van der Waals surface area contributed by atoms with Crippen molar-refractivity contribution in [3.8, 4) is 0 Å². The van der Waals surface area contributed by atoms with Gasteiger partial charge in [0.25, 0.3) is 0 Å². The zero-order chi connectivity index (χ0) is 11.5. The van der Waals surface area contributed by atoms with E-state index in [1.165, 1.54) is 51.6 Å². The van der Waals surface area contributed by atoms with Crippen LogP contribution in [0, 0.1) is 17.8 Å². The van der Waals surface area contributed by atoms with Crippen LogP contribution in [0.15, 0.2) is 0 Å². The number of nitrogens with zero attached hydrogens (tertiary/aromatic N) is 1. The normalized spacial score (nSPS) is 33.0. The van der Waals surface area contributed by atoms with Crippen molar-refractivity contribution in [2.45, 2.75) is 65.3 Å². The summed E-state index contributed by atoms with van der Waals surface area (Å²) in [7, 11) is 0. The number of hydrogen-bond donors (Lipinski definition) is 0. The van der Waals surface area contributed by atoms with Gasteiger partial charge in [0.05, 0.1) is 0 Å². The van der Waals surface area contributed by atoms with Gasteiger partial charge in [-0.05, 0) is 43.6 Å². The van der Waals surface area contributed by atoms with Gasteiger partial charge in [0, 0.05) is 12.6 Å². The average molecular weight is 223 g/mol. The maximum atomic E-state index is 2.81. The first-order valence-electron chi connectivity index (χ1n) is 7.46. The van der Waals surface area contributed by atoms with Crippen LogP contribution in [-0.4, -0.2) is 24.0 Å². The Morgan fingerprint density at radius 2 is 1.94 bits per heavy atom. The van der Waals surface area contributed by atoms with Crippen molar-refractivity contribution in [1.82, 2.24) is 4.90 Å². The first-order chi connectivity index (χ1) is 7.72. The number of likely N-dealkylation sites (tertiary alicyclic amines) is 1. The Morgan fingerprint density at radius 3 is 2.44 bits per heavy atom. The maximum absolute atomic E-state index is 2.81. The van der Waals surface area contributed by atoms with Gasteiger partial charge in [-0.2, -0.15) is 0 Å². The second kappa shape index (κ2) is 5.53. The lowest BCUT2D eigenvalue weighted by Gasteiger charge is -2.46. The highest BCUT2D eigenvalue weighted by molar-refractivity contribution is 4.88. The van der Waals surface area contributed by atoms with E-state index in [4.69, 9.17) is 0 Å². The maximum Gasteiger partial charge on any atom is 0.00953 e. The van der Waals surface area contributed by atoms with Crippen molar-refractivity contribution in [2.75, 3.05) is 13.1 Å². The molecule has 0 aromatic rings. The molecule has 1 saturated heterocycles. The monoisotopic (exact) mass is 223 g/mol. The molecule has 1 nitrogen and oxygen atoms in total. The van der Waals surface area contributed by atoms with Gasteiger partial charge in [0.2, 0.25) is 0 Å². The van der Waals surface area contributed by atoms with Crippen molar-refractivity contribution >= 4 is 0 Å². The molecular weight excluding hydrogens is 194 g/mol. The van der Waals surface area contributed by atoms with E-state index < -0.39 is 0 Å². The van der Waals surface area contributed by atoms with Gasteiger partial charge < -0.3 is 4.90 Å². The Balaban J connectivity index is 1.91. The molecule has 2 aliphatic rings. The molecule has 1 aliphatic heterocycles. The number of rotatable bonds is 4. The fourth-order valence-electron chi connectivity index (χ4n) is 3.62. The molecule has 0 spiro atoms. The first-order valence-corrected chi connectivity index (χ1v) is 7.46. The minimum absolute atomic E-state index is 0.874. The molecule has 1 saturated carbocycles. The highest BCUT2D eigenvalue weighted by Crippen LogP contribution is 2.36. The average Bonchev–Trinajstić information content (AvgIpc) is 2.17. The number of hydrogen-bond acceptors (Lipinski definition) is 1. The van der Waals surface area contributed by atoms with Crippen LogP contribution in [0.2, 0.25) is 0 Å². The summed E-state index contributed by atoms with van der Waals surface area (Å²) in [6.07, 6.45) is 8.73. The molecule has 2 atom stereocenters. The van der Waals surface area contributed by atoms with Gasteiger partial charge >= 0.3 is 0 Å². The van der Waals surface area contributed by atoms with Crippen LogP contribution in [0.4, 0.5) is 0 Å². The summed E-state index contributed by atoms with van der Waals surface area (Å²) in [4.78, 5) is 2.81. The van der Waals surface area contributed by atoms with Crippen LogP contribution in [0.5, 0.6) is 0 Å². The van der Waals surface area contributed by atoms with Crippen molar-refractivity contribution in [2.24, 2.45) is 17.8 Å². The summed E-state index contributed by atoms with van der Waals surface area (Å²) in [5.41, 5.74) is 0. The smallest absolute Gasteiger partial charge is 0.00953 e. The van der Waals surface area contributed by atoms with Gasteiger partial charge in [-0.1, -0.05) is 40.0 Å². The first kappa shape index (κ1) is 12.4. The largest absolute Gasteiger partial charge is 0.300 e. The van der Waals surface area contributed by atoms with Gasteiger partial charge in [0.1, 0.15) is 0 Å². The standard InChI is InChI=1S/C15H29N/c1-4-6-13-9-10-16(14-7-5-8-14)11-15(13)12(2)3/h12-15H,4-11H2,1-3H3/t13-,15+/m1/s1. The number of piperidine rings is 1. The van der Waals surface area contributed by atoms with Gasteiger partial charge in [0.15, 0.2) is 0 Å². The molecular formula is C15H29N. The third-order valence-corrected chi connectivity index (χ3v) is 4.94. The molecule has 0 aromatic carbocycles. The van der Waals surface area contributed by atoms with Crippen molar-refractivity contribution in [3.05, 3.63) is 0 Å². The lowest BCUT2D eigenvalue weighted by Crippen LogP contribution is -2.49. The Labute approximate surface area is 102 Å². The SMILES string of the molecule is CCC[C@@H]1CCN(C2CCC2)C[C@H]1C(C)C. The van der Waals surface area contributed by atoms with E-state index in [0.717, 1.165) is 23.8 Å². The molecule has 0 amide bonds. The Bertz CT molecular complexity index is 207. The summed E-state index contributed by atoms with van der Waals surface area (Å²) < 4.78 is 0. The summed E-state index contributed by atoms with van der Waals surface area (Å²) in [5.74, 6) is 2.86. The molecule has 0 radical (unpaired) electrons. The highest BCUT2D eigenvalue weighted by Gasteiger charge is 2.35. The van der Waals surface area contributed by atoms with E-state index in [9.17, 15) is 0 Å². The van der Waals surface area contributed by atoms with E-state index in [1.807, 2.05) is 0 Å². The van der Waals surface area contributed by atoms with Gasteiger partial charge in [-0.3, -0.25) is 0 Å². The Morgan fingerprint density at radius 1 is 1.19 bits per heavy atom. The van der Waals surface area contributed by atoms with Crippen LogP contribution >= 0.6 is 0 Å². The minimum atomic E-state index is 0.874. The molecule has 1 heterocycles. The van der Waals surface area contributed by atoms with E-state index in [0.29, 0.717) is 0 Å². The Hall–Kier alpha value is -0.0400. The van der Waals surface area contributed by atoms with Crippen molar-refractivity contribution in [3.63, 3.8) is 0 Å². The molecule has 94 valence electrons. The van der Waals surface area contributed by atoms with Crippen LogP contribution in [-0.2, 0) is 0 Å². The molecule has 0 unspecified atom stereocenters. The fourth-order valence-corrected chi connectivity index (χ4v) is 3.62. The molecule has 0 N–H and O–H groups in total. The van der Waals surface area contributed by atoms with E-state index >= 15 is 0 Å². The minimum Gasteiger partial charge on any atom is -0.300 e.